The minimum atomic E-state index is -0.136. The minimum absolute atomic E-state index is 0.0677. The Morgan fingerprint density at radius 2 is 1.86 bits per heavy atom. The van der Waals surface area contributed by atoms with Gasteiger partial charge in [0.15, 0.2) is 0 Å². The molecule has 0 fully saturated rings. The van der Waals surface area contributed by atoms with Crippen LogP contribution in [0.3, 0.4) is 0 Å². The number of amides is 2. The van der Waals surface area contributed by atoms with Crippen molar-refractivity contribution in [3.8, 4) is 11.3 Å². The Kier molecular flexibility index (Phi) is 6.18. The summed E-state index contributed by atoms with van der Waals surface area (Å²) in [6.07, 6.45) is 1.08. The second-order valence-corrected chi connectivity index (χ2v) is 8.71. The van der Waals surface area contributed by atoms with E-state index in [4.69, 9.17) is 9.62 Å². The van der Waals surface area contributed by atoms with Gasteiger partial charge >= 0.3 is 0 Å². The maximum absolute atomic E-state index is 12.8. The van der Waals surface area contributed by atoms with Gasteiger partial charge in [-0.3, -0.25) is 14.5 Å². The van der Waals surface area contributed by atoms with Crippen LogP contribution in [0.4, 0.5) is 5.82 Å². The van der Waals surface area contributed by atoms with Crippen LogP contribution >= 0.6 is 0 Å². The number of benzene rings is 2. The summed E-state index contributed by atoms with van der Waals surface area (Å²) in [7, 11) is 0. The van der Waals surface area contributed by atoms with Crippen molar-refractivity contribution < 1.29 is 14.1 Å². The zero-order valence-electron chi connectivity index (χ0n) is 19.8. The van der Waals surface area contributed by atoms with Crippen LogP contribution in [0.15, 0.2) is 65.2 Å². The zero-order chi connectivity index (χ0) is 24.4. The molecule has 1 aliphatic rings. The normalized spacial score (nSPS) is 13.1. The summed E-state index contributed by atoms with van der Waals surface area (Å²) in [5.74, 6) is 1.51. The molecule has 2 aromatic heterocycles. The third-order valence-corrected chi connectivity index (χ3v) is 6.34. The van der Waals surface area contributed by atoms with Crippen molar-refractivity contribution in [2.45, 2.75) is 39.8 Å². The average Bonchev–Trinajstić information content (AvgIpc) is 3.45. The molecule has 0 radical (unpaired) electrons. The Labute approximate surface area is 203 Å². The summed E-state index contributed by atoms with van der Waals surface area (Å²) in [4.78, 5) is 27.1. The summed E-state index contributed by atoms with van der Waals surface area (Å²) < 4.78 is 7.06. The highest BCUT2D eigenvalue weighted by Gasteiger charge is 2.26. The first kappa shape index (κ1) is 22.6. The van der Waals surface area contributed by atoms with E-state index >= 15 is 0 Å². The molecule has 0 atom stereocenters. The van der Waals surface area contributed by atoms with E-state index in [9.17, 15) is 9.59 Å². The molecule has 0 saturated heterocycles. The fourth-order valence-electron chi connectivity index (χ4n) is 4.38. The van der Waals surface area contributed by atoms with Crippen LogP contribution < -0.4 is 10.2 Å². The molecule has 3 heterocycles. The third-order valence-electron chi connectivity index (χ3n) is 6.34. The van der Waals surface area contributed by atoms with Gasteiger partial charge in [0, 0.05) is 35.7 Å². The van der Waals surface area contributed by atoms with Crippen LogP contribution in [0.1, 0.15) is 39.4 Å². The van der Waals surface area contributed by atoms with Gasteiger partial charge in [-0.15, -0.1) is 0 Å². The molecule has 0 bridgehead atoms. The minimum Gasteiger partial charge on any atom is -0.361 e. The van der Waals surface area contributed by atoms with E-state index in [1.807, 2.05) is 67.1 Å². The van der Waals surface area contributed by atoms with Crippen LogP contribution in [-0.2, 0) is 24.3 Å². The number of hydrogen-bond donors (Lipinski definition) is 1. The van der Waals surface area contributed by atoms with Crippen LogP contribution in [0.25, 0.3) is 11.3 Å². The molecule has 0 aliphatic carbocycles. The van der Waals surface area contributed by atoms with Gasteiger partial charge in [0.25, 0.3) is 5.91 Å². The van der Waals surface area contributed by atoms with Crippen molar-refractivity contribution in [1.29, 1.82) is 0 Å². The molecule has 2 aromatic carbocycles. The molecule has 2 amide bonds. The largest absolute Gasteiger partial charge is 0.361 e. The second-order valence-electron chi connectivity index (χ2n) is 8.71. The van der Waals surface area contributed by atoms with Crippen molar-refractivity contribution in [2.75, 3.05) is 11.4 Å². The molecule has 8 nitrogen and oxygen atoms in total. The van der Waals surface area contributed by atoms with Gasteiger partial charge < -0.3 is 9.84 Å². The molecule has 0 saturated carbocycles. The standard InChI is InChI=1S/C27H27N5O3/c1-18-23(19(2)35-30-18)12-14-28-27(34)22-10-8-20(9-11-22)17-31-25-16-24(21-6-4-3-5-7-21)29-32(25)15-13-26(31)33/h3-11,16H,12-15,17H2,1-2H3,(H,28,34). The Hall–Kier alpha value is -4.20. The van der Waals surface area contributed by atoms with Crippen molar-refractivity contribution in [1.82, 2.24) is 20.3 Å². The zero-order valence-corrected chi connectivity index (χ0v) is 19.8. The van der Waals surface area contributed by atoms with Crippen LogP contribution in [-0.4, -0.2) is 33.3 Å². The Morgan fingerprint density at radius 1 is 1.09 bits per heavy atom. The molecule has 1 aliphatic heterocycles. The molecule has 35 heavy (non-hydrogen) atoms. The van der Waals surface area contributed by atoms with E-state index in [2.05, 4.69) is 10.5 Å². The molecule has 4 aromatic rings. The van der Waals surface area contributed by atoms with E-state index in [1.54, 1.807) is 17.0 Å². The van der Waals surface area contributed by atoms with E-state index in [0.29, 0.717) is 38.0 Å². The summed E-state index contributed by atoms with van der Waals surface area (Å²) >= 11 is 0. The molecule has 0 unspecified atom stereocenters. The van der Waals surface area contributed by atoms with Gasteiger partial charge in [0.05, 0.1) is 24.5 Å². The van der Waals surface area contributed by atoms with Crippen LogP contribution in [0, 0.1) is 13.8 Å². The summed E-state index contributed by atoms with van der Waals surface area (Å²) in [5, 5.41) is 11.6. The average molecular weight is 470 g/mol. The van der Waals surface area contributed by atoms with Crippen molar-refractivity contribution >= 4 is 17.6 Å². The maximum atomic E-state index is 12.8. The number of anilines is 1. The van der Waals surface area contributed by atoms with Crippen molar-refractivity contribution in [3.05, 3.63) is 88.8 Å². The highest BCUT2D eigenvalue weighted by molar-refractivity contribution is 5.95. The topological polar surface area (TPSA) is 93.3 Å². The molecule has 1 N–H and O–H groups in total. The summed E-state index contributed by atoms with van der Waals surface area (Å²) in [6, 6.07) is 19.3. The number of aryl methyl sites for hydroxylation is 3. The molecular formula is C27H27N5O3. The van der Waals surface area contributed by atoms with Gasteiger partial charge in [-0.05, 0) is 38.0 Å². The second kappa shape index (κ2) is 9.58. The fraction of sp³-hybridized carbons (Fsp3) is 0.259. The number of aromatic nitrogens is 3. The Balaban J connectivity index is 1.24. The highest BCUT2D eigenvalue weighted by atomic mass is 16.5. The molecular weight excluding hydrogens is 442 g/mol. The number of rotatable bonds is 7. The first-order valence-corrected chi connectivity index (χ1v) is 11.7. The first-order valence-electron chi connectivity index (χ1n) is 11.7. The first-order chi connectivity index (χ1) is 17.0. The van der Waals surface area contributed by atoms with Gasteiger partial charge in [0.2, 0.25) is 5.91 Å². The molecule has 5 rings (SSSR count). The lowest BCUT2D eigenvalue weighted by Gasteiger charge is -2.27. The SMILES string of the molecule is Cc1noc(C)c1CCNC(=O)c1ccc(CN2C(=O)CCn3nc(-c4ccccc4)cc32)cc1. The molecule has 0 spiro atoms. The predicted octanol–water partition coefficient (Wildman–Crippen LogP) is 4.06. The van der Waals surface area contributed by atoms with E-state index in [1.165, 1.54) is 0 Å². The number of fused-ring (bicyclic) bond motifs is 1. The van der Waals surface area contributed by atoms with E-state index < -0.39 is 0 Å². The number of hydrogen-bond acceptors (Lipinski definition) is 5. The van der Waals surface area contributed by atoms with Crippen LogP contribution in [0.5, 0.6) is 0 Å². The highest BCUT2D eigenvalue weighted by Crippen LogP contribution is 2.29. The smallest absolute Gasteiger partial charge is 0.251 e. The fourth-order valence-corrected chi connectivity index (χ4v) is 4.38. The number of carbonyl (C=O) groups is 2. The quantitative estimate of drug-likeness (QED) is 0.441. The van der Waals surface area contributed by atoms with Gasteiger partial charge in [-0.2, -0.15) is 5.10 Å². The number of nitrogens with zero attached hydrogens (tertiary/aromatic N) is 4. The maximum Gasteiger partial charge on any atom is 0.251 e. The monoisotopic (exact) mass is 469 g/mol. The number of carbonyl (C=O) groups excluding carboxylic acids is 2. The lowest BCUT2D eigenvalue weighted by molar-refractivity contribution is -0.119. The Bertz CT molecular complexity index is 1340. The summed E-state index contributed by atoms with van der Waals surface area (Å²) in [6.45, 7) is 5.27. The van der Waals surface area contributed by atoms with Crippen molar-refractivity contribution in [2.24, 2.45) is 0 Å². The molecule has 178 valence electrons. The van der Waals surface area contributed by atoms with Gasteiger partial charge in [-0.1, -0.05) is 47.6 Å². The number of nitrogens with one attached hydrogen (secondary N) is 1. The van der Waals surface area contributed by atoms with E-state index in [-0.39, 0.29) is 11.8 Å². The predicted molar refractivity (Wildman–Crippen MR) is 132 cm³/mol. The van der Waals surface area contributed by atoms with Gasteiger partial charge in [-0.25, -0.2) is 4.68 Å². The lowest BCUT2D eigenvalue weighted by atomic mass is 10.1. The van der Waals surface area contributed by atoms with Gasteiger partial charge in [0.1, 0.15) is 11.6 Å². The lowest BCUT2D eigenvalue weighted by Crippen LogP contribution is -2.36. The van der Waals surface area contributed by atoms with Crippen LogP contribution in [0.2, 0.25) is 0 Å². The third kappa shape index (κ3) is 4.73. The summed E-state index contributed by atoms with van der Waals surface area (Å²) in [5.41, 5.74) is 5.28. The van der Waals surface area contributed by atoms with E-state index in [0.717, 1.165) is 39.7 Å². The van der Waals surface area contributed by atoms with Crippen molar-refractivity contribution in [3.63, 3.8) is 0 Å². The molecule has 8 heteroatoms. The Morgan fingerprint density at radius 3 is 2.57 bits per heavy atom.